The van der Waals surface area contributed by atoms with E-state index in [0.717, 1.165) is 24.6 Å². The quantitative estimate of drug-likeness (QED) is 0.260. The molecule has 3 aromatic carbocycles. The predicted octanol–water partition coefficient (Wildman–Crippen LogP) is 10.7. The average Bonchev–Trinajstić information content (AvgIpc) is 2.93. The largest absolute Gasteiger partial charge is 0.460 e. The molecule has 0 radical (unpaired) electrons. The molecular formula is C34H31F9N2O2. The SMILES string of the molecule is CC1=Nc2c(cc(C(c3cc4c(c(C)c3C)N=C(c3ccc(C)cc3)OC4(C)C(F)(F)F)C(F)(F)F)c(C)c2C)C(C)(C(F)(F)F)O1. The molecule has 252 valence electrons. The molecule has 0 fully saturated rings. The van der Waals surface area contributed by atoms with E-state index in [1.807, 2.05) is 0 Å². The lowest BCUT2D eigenvalue weighted by atomic mass is 9.77. The summed E-state index contributed by atoms with van der Waals surface area (Å²) in [4.78, 5) is 8.43. The van der Waals surface area contributed by atoms with Crippen LogP contribution in [0, 0.1) is 34.6 Å². The zero-order valence-electron chi connectivity index (χ0n) is 26.7. The summed E-state index contributed by atoms with van der Waals surface area (Å²) in [7, 11) is 0. The summed E-state index contributed by atoms with van der Waals surface area (Å²) < 4.78 is 144. The number of benzene rings is 3. The van der Waals surface area contributed by atoms with Gasteiger partial charge < -0.3 is 9.47 Å². The van der Waals surface area contributed by atoms with Gasteiger partial charge in [-0.05, 0) is 106 Å². The van der Waals surface area contributed by atoms with Crippen molar-refractivity contribution in [2.24, 2.45) is 9.98 Å². The molecule has 0 aromatic heterocycles. The van der Waals surface area contributed by atoms with Gasteiger partial charge in [0.05, 0.1) is 11.4 Å². The van der Waals surface area contributed by atoms with E-state index in [1.54, 1.807) is 19.1 Å². The summed E-state index contributed by atoms with van der Waals surface area (Å²) >= 11 is 0. The Morgan fingerprint density at radius 1 is 0.596 bits per heavy atom. The normalized spacial score (nSPS) is 22.0. The summed E-state index contributed by atoms with van der Waals surface area (Å²) in [5.41, 5.74) is -7.86. The lowest BCUT2D eigenvalue weighted by Gasteiger charge is -2.39. The molecule has 3 aromatic rings. The molecule has 2 aliphatic heterocycles. The molecule has 0 bridgehead atoms. The second kappa shape index (κ2) is 10.7. The molecular weight excluding hydrogens is 639 g/mol. The van der Waals surface area contributed by atoms with Gasteiger partial charge >= 0.3 is 18.5 Å². The third-order valence-electron chi connectivity index (χ3n) is 9.30. The molecule has 5 rings (SSSR count). The number of hydrogen-bond donors (Lipinski definition) is 0. The molecule has 0 amide bonds. The summed E-state index contributed by atoms with van der Waals surface area (Å²) in [6.07, 6.45) is -15.3. The van der Waals surface area contributed by atoms with Crippen LogP contribution in [0.2, 0.25) is 0 Å². The van der Waals surface area contributed by atoms with Crippen LogP contribution in [-0.4, -0.2) is 30.3 Å². The molecule has 0 saturated heterocycles. The van der Waals surface area contributed by atoms with E-state index in [-0.39, 0.29) is 51.0 Å². The molecule has 0 N–H and O–H groups in total. The van der Waals surface area contributed by atoms with Crippen LogP contribution in [0.3, 0.4) is 0 Å². The minimum atomic E-state index is -5.15. The zero-order chi connectivity index (χ0) is 35.2. The van der Waals surface area contributed by atoms with Crippen molar-refractivity contribution in [2.45, 2.75) is 91.0 Å². The molecule has 47 heavy (non-hydrogen) atoms. The van der Waals surface area contributed by atoms with E-state index in [0.29, 0.717) is 6.92 Å². The van der Waals surface area contributed by atoms with Gasteiger partial charge in [-0.1, -0.05) is 17.7 Å². The molecule has 3 atom stereocenters. The van der Waals surface area contributed by atoms with Crippen molar-refractivity contribution in [3.63, 3.8) is 0 Å². The van der Waals surface area contributed by atoms with Gasteiger partial charge in [-0.15, -0.1) is 0 Å². The Balaban J connectivity index is 1.83. The number of aliphatic imine (C=N–C) groups is 2. The minimum Gasteiger partial charge on any atom is -0.460 e. The number of fused-ring (bicyclic) bond motifs is 2. The summed E-state index contributed by atoms with van der Waals surface area (Å²) in [5, 5.41) is 0. The molecule has 0 saturated carbocycles. The smallest absolute Gasteiger partial charge is 0.432 e. The first kappa shape index (κ1) is 34.3. The Labute approximate surface area is 265 Å². The van der Waals surface area contributed by atoms with Gasteiger partial charge in [-0.25, -0.2) is 9.98 Å². The fraction of sp³-hybridized carbons (Fsp3) is 0.412. The van der Waals surface area contributed by atoms with Crippen molar-refractivity contribution in [1.29, 1.82) is 0 Å². The van der Waals surface area contributed by atoms with Crippen molar-refractivity contribution in [3.05, 3.63) is 92.0 Å². The number of hydrogen-bond acceptors (Lipinski definition) is 4. The van der Waals surface area contributed by atoms with E-state index in [4.69, 9.17) is 9.47 Å². The maximum atomic E-state index is 15.2. The Morgan fingerprint density at radius 2 is 1.02 bits per heavy atom. The van der Waals surface area contributed by atoms with Crippen LogP contribution in [0.15, 0.2) is 46.4 Å². The van der Waals surface area contributed by atoms with Gasteiger partial charge in [0.25, 0.3) is 0 Å². The fourth-order valence-corrected chi connectivity index (χ4v) is 6.14. The lowest BCUT2D eigenvalue weighted by Crippen LogP contribution is -2.46. The highest BCUT2D eigenvalue weighted by molar-refractivity contribution is 5.98. The van der Waals surface area contributed by atoms with Gasteiger partial charge in [0.2, 0.25) is 17.1 Å². The highest BCUT2D eigenvalue weighted by atomic mass is 19.4. The van der Waals surface area contributed by atoms with Crippen LogP contribution >= 0.6 is 0 Å². The Kier molecular flexibility index (Phi) is 7.84. The van der Waals surface area contributed by atoms with Crippen molar-refractivity contribution in [1.82, 2.24) is 0 Å². The minimum absolute atomic E-state index is 0.0154. The first-order valence-electron chi connectivity index (χ1n) is 14.5. The van der Waals surface area contributed by atoms with Crippen molar-refractivity contribution >= 4 is 23.2 Å². The van der Waals surface area contributed by atoms with Crippen LogP contribution in [0.25, 0.3) is 0 Å². The topological polar surface area (TPSA) is 43.2 Å². The van der Waals surface area contributed by atoms with E-state index >= 15 is 13.2 Å². The van der Waals surface area contributed by atoms with Crippen molar-refractivity contribution < 1.29 is 49.0 Å². The van der Waals surface area contributed by atoms with Crippen LogP contribution in [0.4, 0.5) is 50.9 Å². The molecule has 13 heteroatoms. The molecule has 4 nitrogen and oxygen atoms in total. The molecule has 0 spiro atoms. The van der Waals surface area contributed by atoms with E-state index in [2.05, 4.69) is 9.98 Å². The number of aryl methyl sites for hydroxylation is 1. The summed E-state index contributed by atoms with van der Waals surface area (Å²) in [6, 6.07) is 7.90. The Bertz CT molecular complexity index is 1840. The second-order valence-electron chi connectivity index (χ2n) is 12.4. The first-order valence-corrected chi connectivity index (χ1v) is 14.5. The van der Waals surface area contributed by atoms with Crippen LogP contribution in [-0.2, 0) is 20.7 Å². The summed E-state index contributed by atoms with van der Waals surface area (Å²) in [5.74, 6) is -3.30. The second-order valence-corrected chi connectivity index (χ2v) is 12.4. The van der Waals surface area contributed by atoms with E-state index in [9.17, 15) is 26.3 Å². The monoisotopic (exact) mass is 670 g/mol. The van der Waals surface area contributed by atoms with Crippen LogP contribution in [0.1, 0.15) is 82.3 Å². The lowest BCUT2D eigenvalue weighted by molar-refractivity contribution is -0.253. The Morgan fingerprint density at radius 3 is 1.45 bits per heavy atom. The number of rotatable bonds is 3. The van der Waals surface area contributed by atoms with Crippen LogP contribution < -0.4 is 0 Å². The van der Waals surface area contributed by atoms with Crippen LogP contribution in [0.5, 0.6) is 0 Å². The Hall–Kier alpha value is -4.03. The fourth-order valence-electron chi connectivity index (χ4n) is 6.14. The first-order chi connectivity index (χ1) is 21.4. The van der Waals surface area contributed by atoms with Gasteiger partial charge in [0.1, 0.15) is 5.92 Å². The summed E-state index contributed by atoms with van der Waals surface area (Å²) in [6.45, 7) is 9.76. The predicted molar refractivity (Wildman–Crippen MR) is 159 cm³/mol. The highest BCUT2D eigenvalue weighted by Gasteiger charge is 2.60. The molecule has 3 unspecified atom stereocenters. The maximum absolute atomic E-state index is 15.2. The van der Waals surface area contributed by atoms with Gasteiger partial charge in [0, 0.05) is 23.6 Å². The third kappa shape index (κ3) is 5.35. The number of ether oxygens (including phenoxy) is 2. The molecule has 0 aliphatic carbocycles. The van der Waals surface area contributed by atoms with Crippen molar-refractivity contribution in [3.8, 4) is 0 Å². The van der Waals surface area contributed by atoms with E-state index < -0.39 is 57.9 Å². The zero-order valence-corrected chi connectivity index (χ0v) is 26.7. The van der Waals surface area contributed by atoms with Gasteiger partial charge in [-0.3, -0.25) is 0 Å². The van der Waals surface area contributed by atoms with Gasteiger partial charge in [-0.2, -0.15) is 39.5 Å². The van der Waals surface area contributed by atoms with Gasteiger partial charge in [0.15, 0.2) is 5.90 Å². The van der Waals surface area contributed by atoms with E-state index in [1.165, 1.54) is 46.8 Å². The maximum Gasteiger partial charge on any atom is 0.432 e. The highest BCUT2D eigenvalue weighted by Crippen LogP contribution is 2.55. The van der Waals surface area contributed by atoms with Crippen molar-refractivity contribution in [2.75, 3.05) is 0 Å². The average molecular weight is 671 g/mol. The molecule has 2 heterocycles. The number of alkyl halides is 9. The number of halogens is 9. The molecule has 2 aliphatic rings. The third-order valence-corrected chi connectivity index (χ3v) is 9.30. The standard InChI is InChI=1S/C34H31F9N2O2/c1-15-9-11-21(12-10-15)29-45-28-19(5)17(3)23(14-25(28)31(8,47-29)34(41,42)43)26(32(35,36)37)22-13-24-27(18(4)16(22)2)44-20(6)46-30(24,7)33(38,39)40/h9-14,26H,1-8H3. The number of nitrogens with zero attached hydrogens (tertiary/aromatic N) is 2.